The monoisotopic (exact) mass is 466 g/mol. The first-order chi connectivity index (χ1) is 16.5. The lowest BCUT2D eigenvalue weighted by Gasteiger charge is -2.06. The quantitative estimate of drug-likeness (QED) is 0.153. The summed E-state index contributed by atoms with van der Waals surface area (Å²) in [6.45, 7) is 2.13. The zero-order valence-corrected chi connectivity index (χ0v) is 19.9. The van der Waals surface area contributed by atoms with E-state index in [1.807, 2.05) is 12.2 Å². The van der Waals surface area contributed by atoms with Crippen molar-refractivity contribution in [3.63, 3.8) is 0 Å². The summed E-state index contributed by atoms with van der Waals surface area (Å²) < 4.78 is 18.3. The molecule has 0 unspecified atom stereocenters. The van der Waals surface area contributed by atoms with E-state index in [1.165, 1.54) is 0 Å². The fraction of sp³-hybridized carbons (Fsp3) is 0.310. The second-order valence-corrected chi connectivity index (χ2v) is 7.37. The predicted octanol–water partition coefficient (Wildman–Crippen LogP) is 7.91. The lowest BCUT2D eigenvalue weighted by atomic mass is 10.2. The van der Waals surface area contributed by atoms with Gasteiger partial charge < -0.3 is 9.84 Å². The molecule has 1 aromatic carbocycles. The molecule has 0 aliphatic carbocycles. The molecule has 4 nitrogen and oxygen atoms in total. The van der Waals surface area contributed by atoms with Crippen molar-refractivity contribution in [3.8, 4) is 5.75 Å². The second-order valence-electron chi connectivity index (χ2n) is 7.37. The molecule has 34 heavy (non-hydrogen) atoms. The molecule has 0 spiro atoms. The van der Waals surface area contributed by atoms with E-state index >= 15 is 0 Å². The van der Waals surface area contributed by atoms with Crippen LogP contribution >= 0.6 is 0 Å². The third-order valence-corrected chi connectivity index (χ3v) is 4.51. The van der Waals surface area contributed by atoms with Gasteiger partial charge in [0, 0.05) is 12.5 Å². The number of halogens is 1. The Kier molecular flexibility index (Phi) is 16.0. The molecule has 0 aliphatic rings. The first-order valence-corrected chi connectivity index (χ1v) is 11.7. The van der Waals surface area contributed by atoms with E-state index in [0.29, 0.717) is 6.42 Å². The number of carbonyl (C=O) groups excluding carboxylic acids is 1. The molecule has 1 rings (SSSR count). The number of hydrogen-bond donors (Lipinski definition) is 1. The van der Waals surface area contributed by atoms with E-state index in [2.05, 4.69) is 67.7 Å². The van der Waals surface area contributed by atoms with Crippen molar-refractivity contribution >= 4 is 11.9 Å². The zero-order chi connectivity index (χ0) is 24.9. The largest absolute Gasteiger partial charge is 0.478 e. The molecule has 0 fully saturated rings. The van der Waals surface area contributed by atoms with E-state index in [1.54, 1.807) is 0 Å². The Labute approximate surface area is 202 Å². The van der Waals surface area contributed by atoms with Crippen LogP contribution in [0.5, 0.6) is 5.75 Å². The number of rotatable bonds is 16. The molecule has 182 valence electrons. The predicted molar refractivity (Wildman–Crippen MR) is 136 cm³/mol. The third-order valence-electron chi connectivity index (χ3n) is 4.51. The van der Waals surface area contributed by atoms with Gasteiger partial charge in [-0.15, -0.1) is 0 Å². The molecular formula is C29H35FO4. The highest BCUT2D eigenvalue weighted by molar-refractivity contribution is 5.92. The normalized spacial score (nSPS) is 12.4. The molecule has 0 heterocycles. The van der Waals surface area contributed by atoms with Crippen molar-refractivity contribution in [1.29, 1.82) is 0 Å². The number of benzene rings is 1. The van der Waals surface area contributed by atoms with E-state index in [9.17, 15) is 14.0 Å². The zero-order valence-electron chi connectivity index (χ0n) is 19.9. The van der Waals surface area contributed by atoms with Crippen LogP contribution in [0.4, 0.5) is 4.39 Å². The van der Waals surface area contributed by atoms with Crippen LogP contribution < -0.4 is 4.74 Å². The number of aromatic carboxylic acids is 1. The van der Waals surface area contributed by atoms with Crippen molar-refractivity contribution < 1.29 is 23.8 Å². The second kappa shape index (κ2) is 19.0. The van der Waals surface area contributed by atoms with Crippen LogP contribution in [0.1, 0.15) is 68.6 Å². The summed E-state index contributed by atoms with van der Waals surface area (Å²) in [5, 5.41) is 9.07. The molecule has 0 aromatic heterocycles. The Hall–Kier alpha value is -3.47. The van der Waals surface area contributed by atoms with Gasteiger partial charge in [-0.25, -0.2) is 9.18 Å². The lowest BCUT2D eigenvalue weighted by Crippen LogP contribution is -2.11. The van der Waals surface area contributed by atoms with Gasteiger partial charge >= 0.3 is 11.9 Å². The Bertz CT molecular complexity index is 920. The van der Waals surface area contributed by atoms with Crippen molar-refractivity contribution in [1.82, 2.24) is 0 Å². The minimum Gasteiger partial charge on any atom is -0.478 e. The van der Waals surface area contributed by atoms with Crippen molar-refractivity contribution in [2.75, 3.05) is 0 Å². The van der Waals surface area contributed by atoms with Crippen molar-refractivity contribution in [2.24, 2.45) is 0 Å². The van der Waals surface area contributed by atoms with Gasteiger partial charge in [0.05, 0.1) is 0 Å². The van der Waals surface area contributed by atoms with Crippen LogP contribution in [0.15, 0.2) is 91.1 Å². The number of carboxylic acid groups (broad SMARTS) is 1. The summed E-state index contributed by atoms with van der Waals surface area (Å²) in [4.78, 5) is 23.0. The number of carboxylic acids is 1. The highest BCUT2D eigenvalue weighted by Crippen LogP contribution is 2.20. The fourth-order valence-corrected chi connectivity index (χ4v) is 2.77. The molecule has 1 N–H and O–H groups in total. The molecule has 0 atom stereocenters. The molecule has 0 bridgehead atoms. The van der Waals surface area contributed by atoms with Gasteiger partial charge in [0.2, 0.25) is 0 Å². The maximum absolute atomic E-state index is 13.3. The maximum Gasteiger partial charge on any atom is 0.339 e. The van der Waals surface area contributed by atoms with Gasteiger partial charge in [0.1, 0.15) is 17.1 Å². The van der Waals surface area contributed by atoms with Crippen LogP contribution in [-0.2, 0) is 4.79 Å². The van der Waals surface area contributed by atoms with E-state index in [4.69, 9.17) is 9.84 Å². The maximum atomic E-state index is 13.3. The summed E-state index contributed by atoms with van der Waals surface area (Å²) in [6, 6.07) is 2.99. The smallest absolute Gasteiger partial charge is 0.339 e. The molecule has 1 aromatic rings. The summed E-state index contributed by atoms with van der Waals surface area (Å²) in [7, 11) is 0. The van der Waals surface area contributed by atoms with E-state index in [0.717, 1.165) is 56.7 Å². The summed E-state index contributed by atoms with van der Waals surface area (Å²) in [5.41, 5.74) is -0.247. The van der Waals surface area contributed by atoms with Crippen molar-refractivity contribution in [3.05, 3.63) is 102 Å². The molecule has 0 saturated heterocycles. The molecule has 5 heteroatoms. The topological polar surface area (TPSA) is 63.6 Å². The minimum atomic E-state index is -1.28. The lowest BCUT2D eigenvalue weighted by molar-refractivity contribution is -0.134. The van der Waals surface area contributed by atoms with Crippen LogP contribution in [-0.4, -0.2) is 17.0 Å². The minimum absolute atomic E-state index is 0.0811. The van der Waals surface area contributed by atoms with Gasteiger partial charge in [0.25, 0.3) is 0 Å². The number of allylic oxidation sites excluding steroid dienone is 12. The number of esters is 1. The van der Waals surface area contributed by atoms with Gasteiger partial charge in [-0.1, -0.05) is 79.8 Å². The van der Waals surface area contributed by atoms with Gasteiger partial charge in [0.15, 0.2) is 0 Å². The highest BCUT2D eigenvalue weighted by atomic mass is 19.1. The van der Waals surface area contributed by atoms with E-state index < -0.39 is 17.8 Å². The highest BCUT2D eigenvalue weighted by Gasteiger charge is 2.15. The Balaban J connectivity index is 2.14. The average molecular weight is 467 g/mol. The number of carbonyl (C=O) groups is 2. The third kappa shape index (κ3) is 14.6. The Morgan fingerprint density at radius 1 is 0.794 bits per heavy atom. The average Bonchev–Trinajstić information content (AvgIpc) is 2.80. The SMILES string of the molecule is CCC=CCC=CCC=CCC=CCC=CCC=CCCC(=O)Oc1cc(F)ccc1C(=O)O. The Morgan fingerprint density at radius 2 is 1.26 bits per heavy atom. The first kappa shape index (κ1) is 28.6. The van der Waals surface area contributed by atoms with Crippen molar-refractivity contribution in [2.45, 2.75) is 58.3 Å². The summed E-state index contributed by atoms with van der Waals surface area (Å²) >= 11 is 0. The molecular weight excluding hydrogens is 431 g/mol. The molecule has 0 saturated carbocycles. The molecule has 0 radical (unpaired) electrons. The Morgan fingerprint density at radius 3 is 1.74 bits per heavy atom. The van der Waals surface area contributed by atoms with Gasteiger partial charge in [-0.05, 0) is 57.1 Å². The number of hydrogen-bond acceptors (Lipinski definition) is 3. The van der Waals surface area contributed by atoms with Crippen LogP contribution in [0, 0.1) is 5.82 Å². The molecule has 0 amide bonds. The summed E-state index contributed by atoms with van der Waals surface area (Å²) in [6.07, 6.45) is 31.4. The standard InChI is InChI=1S/C29H35FO4/c1-2-3-4-5-6-7-8-9-10-11-12-13-14-15-16-17-18-19-20-21-28(31)34-27-24-25(30)22-23-26(27)29(32)33/h3-4,6-7,9-10,12-13,15-16,18-19,22-24H,2,5,8,11,14,17,20-21H2,1H3,(H,32,33). The van der Waals surface area contributed by atoms with Crippen LogP contribution in [0.3, 0.4) is 0 Å². The van der Waals surface area contributed by atoms with Gasteiger partial charge in [-0.3, -0.25) is 4.79 Å². The van der Waals surface area contributed by atoms with Crippen LogP contribution in [0.25, 0.3) is 0 Å². The van der Waals surface area contributed by atoms with Crippen LogP contribution in [0.2, 0.25) is 0 Å². The number of ether oxygens (including phenoxy) is 1. The molecule has 0 aliphatic heterocycles. The van der Waals surface area contributed by atoms with E-state index in [-0.39, 0.29) is 17.7 Å². The first-order valence-electron chi connectivity index (χ1n) is 11.7. The van der Waals surface area contributed by atoms with Gasteiger partial charge in [-0.2, -0.15) is 0 Å². The summed E-state index contributed by atoms with van der Waals surface area (Å²) in [5.74, 6) is -2.82. The fourth-order valence-electron chi connectivity index (χ4n) is 2.77.